The molecule has 5 heteroatoms. The van der Waals surface area contributed by atoms with Gasteiger partial charge in [-0.05, 0) is 12.1 Å². The van der Waals surface area contributed by atoms with Gasteiger partial charge in [-0.2, -0.15) is 0 Å². The van der Waals surface area contributed by atoms with Crippen LogP contribution in [-0.4, -0.2) is 34.7 Å². The third kappa shape index (κ3) is 2.73. The molecule has 1 aromatic rings. The average Bonchev–Trinajstić information content (AvgIpc) is 2.72. The summed E-state index contributed by atoms with van der Waals surface area (Å²) in [5.74, 6) is 0.353. The van der Waals surface area contributed by atoms with E-state index < -0.39 is 8.80 Å². The summed E-state index contributed by atoms with van der Waals surface area (Å²) in [6.07, 6.45) is 2.04. The molecule has 0 saturated carbocycles. The summed E-state index contributed by atoms with van der Waals surface area (Å²) in [5, 5.41) is 0. The lowest BCUT2D eigenvalue weighted by atomic mass is 10.1. The Balaban J connectivity index is 2.76. The van der Waals surface area contributed by atoms with Crippen LogP contribution >= 0.6 is 0 Å². The van der Waals surface area contributed by atoms with Crippen LogP contribution in [0, 0.1) is 0 Å². The van der Waals surface area contributed by atoms with Crippen molar-refractivity contribution in [1.82, 2.24) is 4.57 Å². The van der Waals surface area contributed by atoms with Gasteiger partial charge in [-0.1, -0.05) is 6.92 Å². The first-order valence-electron chi connectivity index (χ1n) is 5.35. The van der Waals surface area contributed by atoms with Gasteiger partial charge in [-0.3, -0.25) is 0 Å². The van der Waals surface area contributed by atoms with Crippen molar-refractivity contribution in [3.05, 3.63) is 24.0 Å². The van der Waals surface area contributed by atoms with Crippen LogP contribution in [0.3, 0.4) is 0 Å². The third-order valence-corrected chi connectivity index (χ3v) is 5.96. The first-order valence-corrected chi connectivity index (χ1v) is 7.28. The molecule has 0 aliphatic rings. The van der Waals surface area contributed by atoms with Gasteiger partial charge in [-0.25, -0.2) is 0 Å². The Morgan fingerprint density at radius 2 is 1.81 bits per heavy atom. The molecular weight excluding hydrogens is 222 g/mol. The van der Waals surface area contributed by atoms with E-state index in [1.165, 1.54) is 5.69 Å². The first kappa shape index (κ1) is 13.4. The zero-order valence-electron chi connectivity index (χ0n) is 10.7. The van der Waals surface area contributed by atoms with Gasteiger partial charge < -0.3 is 17.8 Å². The number of hydrogen-bond acceptors (Lipinski definition) is 3. The van der Waals surface area contributed by atoms with Gasteiger partial charge in [0.05, 0.1) is 0 Å². The molecule has 0 amide bonds. The molecule has 1 unspecified atom stereocenters. The lowest BCUT2D eigenvalue weighted by molar-refractivity contribution is 0.121. The zero-order chi connectivity index (χ0) is 12.2. The molecule has 0 saturated heterocycles. The van der Waals surface area contributed by atoms with Crippen molar-refractivity contribution >= 4 is 8.80 Å². The van der Waals surface area contributed by atoms with Crippen LogP contribution in [0.25, 0.3) is 0 Å². The van der Waals surface area contributed by atoms with E-state index >= 15 is 0 Å². The average molecular weight is 243 g/mol. The molecule has 16 heavy (non-hydrogen) atoms. The van der Waals surface area contributed by atoms with Crippen LogP contribution in [0.2, 0.25) is 6.04 Å². The largest absolute Gasteiger partial charge is 0.500 e. The van der Waals surface area contributed by atoms with Gasteiger partial charge in [-0.15, -0.1) is 0 Å². The number of nitrogens with zero attached hydrogens (tertiary/aromatic N) is 1. The summed E-state index contributed by atoms with van der Waals surface area (Å²) in [6, 6.07) is 4.95. The van der Waals surface area contributed by atoms with Gasteiger partial charge in [0.1, 0.15) is 0 Å². The molecule has 1 aromatic heterocycles. The van der Waals surface area contributed by atoms with Gasteiger partial charge in [0.25, 0.3) is 0 Å². The van der Waals surface area contributed by atoms with E-state index in [1.807, 2.05) is 19.3 Å². The highest BCUT2D eigenvalue weighted by atomic mass is 28.4. The summed E-state index contributed by atoms with van der Waals surface area (Å²) in [7, 11) is 4.52. The van der Waals surface area contributed by atoms with Crippen molar-refractivity contribution in [1.29, 1.82) is 0 Å². The van der Waals surface area contributed by atoms with Gasteiger partial charge in [0.15, 0.2) is 0 Å². The van der Waals surface area contributed by atoms with Crippen molar-refractivity contribution in [3.8, 4) is 0 Å². The monoisotopic (exact) mass is 243 g/mol. The van der Waals surface area contributed by atoms with Crippen LogP contribution in [-0.2, 0) is 20.3 Å². The molecule has 92 valence electrons. The fraction of sp³-hybridized carbons (Fsp3) is 0.636. The number of rotatable bonds is 6. The summed E-state index contributed by atoms with van der Waals surface area (Å²) in [5.41, 5.74) is 1.27. The molecule has 0 bridgehead atoms. The van der Waals surface area contributed by atoms with E-state index in [0.29, 0.717) is 5.92 Å². The molecule has 0 aromatic carbocycles. The molecule has 0 radical (unpaired) electrons. The molecule has 0 fully saturated rings. The SMILES string of the molecule is CO[Si](CC(C)c1cccn1C)(OC)OC. The van der Waals surface area contributed by atoms with Crippen molar-refractivity contribution in [3.63, 3.8) is 0 Å². The van der Waals surface area contributed by atoms with Crippen LogP contribution in [0.4, 0.5) is 0 Å². The third-order valence-electron chi connectivity index (χ3n) is 2.98. The van der Waals surface area contributed by atoms with Gasteiger partial charge in [0.2, 0.25) is 0 Å². The highest BCUT2D eigenvalue weighted by Gasteiger charge is 2.40. The highest BCUT2D eigenvalue weighted by Crippen LogP contribution is 2.27. The summed E-state index contributed by atoms with van der Waals surface area (Å²) in [6.45, 7) is 2.16. The number of aryl methyl sites for hydroxylation is 1. The number of hydrogen-bond donors (Lipinski definition) is 0. The van der Waals surface area contributed by atoms with E-state index in [9.17, 15) is 0 Å². The maximum Gasteiger partial charge on any atom is 0.500 e. The fourth-order valence-electron chi connectivity index (χ4n) is 1.97. The topological polar surface area (TPSA) is 32.6 Å². The standard InChI is InChI=1S/C11H21NO3Si/c1-10(11-7-6-8-12(11)2)9-16(13-3,14-4)15-5/h6-8,10H,9H2,1-5H3. The fourth-order valence-corrected chi connectivity index (χ4v) is 3.92. The lowest BCUT2D eigenvalue weighted by Crippen LogP contribution is -2.43. The van der Waals surface area contributed by atoms with Crippen LogP contribution in [0.1, 0.15) is 18.5 Å². The van der Waals surface area contributed by atoms with Crippen LogP contribution in [0.5, 0.6) is 0 Å². The molecule has 0 spiro atoms. The minimum absolute atomic E-state index is 0.353. The van der Waals surface area contributed by atoms with Gasteiger partial charge >= 0.3 is 8.80 Å². The summed E-state index contributed by atoms with van der Waals surface area (Å²) in [4.78, 5) is 0. The first-order chi connectivity index (χ1) is 7.58. The van der Waals surface area contributed by atoms with E-state index in [1.54, 1.807) is 21.3 Å². The minimum Gasteiger partial charge on any atom is -0.377 e. The Bertz CT molecular complexity index is 315. The Morgan fingerprint density at radius 3 is 2.19 bits per heavy atom. The molecule has 1 rings (SSSR count). The second kappa shape index (κ2) is 5.63. The number of aromatic nitrogens is 1. The zero-order valence-corrected chi connectivity index (χ0v) is 11.7. The second-order valence-electron chi connectivity index (χ2n) is 3.94. The molecule has 4 nitrogen and oxygen atoms in total. The molecule has 0 aliphatic carbocycles. The van der Waals surface area contributed by atoms with Crippen molar-refractivity contribution in [2.45, 2.75) is 18.9 Å². The van der Waals surface area contributed by atoms with Crippen molar-refractivity contribution < 1.29 is 13.3 Å². The predicted octanol–water partition coefficient (Wildman–Crippen LogP) is 2.01. The Kier molecular flexibility index (Phi) is 4.73. The van der Waals surface area contributed by atoms with E-state index in [0.717, 1.165) is 6.04 Å². The van der Waals surface area contributed by atoms with Crippen molar-refractivity contribution in [2.75, 3.05) is 21.3 Å². The van der Waals surface area contributed by atoms with E-state index in [4.69, 9.17) is 13.3 Å². The summed E-state index contributed by atoms with van der Waals surface area (Å²) >= 11 is 0. The quantitative estimate of drug-likeness (QED) is 0.716. The Hall–Kier alpha value is -0.623. The van der Waals surface area contributed by atoms with E-state index in [-0.39, 0.29) is 0 Å². The Labute approximate surface area is 98.5 Å². The van der Waals surface area contributed by atoms with Crippen LogP contribution < -0.4 is 0 Å². The van der Waals surface area contributed by atoms with E-state index in [2.05, 4.69) is 17.6 Å². The van der Waals surface area contributed by atoms with Crippen LogP contribution in [0.15, 0.2) is 18.3 Å². The van der Waals surface area contributed by atoms with Gasteiger partial charge in [0, 0.05) is 52.2 Å². The minimum atomic E-state index is -2.47. The maximum absolute atomic E-state index is 5.43. The maximum atomic E-state index is 5.43. The normalized spacial score (nSPS) is 14.1. The lowest BCUT2D eigenvalue weighted by Gasteiger charge is -2.27. The molecule has 1 heterocycles. The van der Waals surface area contributed by atoms with Crippen molar-refractivity contribution in [2.24, 2.45) is 7.05 Å². The summed E-state index contributed by atoms with van der Waals surface area (Å²) < 4.78 is 18.4. The smallest absolute Gasteiger partial charge is 0.377 e. The predicted molar refractivity (Wildman–Crippen MR) is 65.4 cm³/mol. The molecule has 1 atom stereocenters. The molecule has 0 N–H and O–H groups in total. The Morgan fingerprint density at radius 1 is 1.25 bits per heavy atom. The second-order valence-corrected chi connectivity index (χ2v) is 6.94. The highest BCUT2D eigenvalue weighted by molar-refractivity contribution is 6.60. The molecule has 0 aliphatic heterocycles. The molecular formula is C11H21NO3Si.